The van der Waals surface area contributed by atoms with Gasteiger partial charge in [0.1, 0.15) is 6.04 Å². The van der Waals surface area contributed by atoms with Crippen LogP contribution < -0.4 is 11.9 Å². The second kappa shape index (κ2) is 5.18. The predicted octanol–water partition coefficient (Wildman–Crippen LogP) is 0.214. The van der Waals surface area contributed by atoms with Crippen LogP contribution in [0, 0.1) is 0 Å². The quantitative estimate of drug-likeness (QED) is 0.456. The lowest BCUT2D eigenvalue weighted by Gasteiger charge is -2.06. The summed E-state index contributed by atoms with van der Waals surface area (Å²) in [5.41, 5.74) is 5.86. The van der Waals surface area contributed by atoms with E-state index in [1.165, 1.54) is 18.2 Å². The maximum atomic E-state index is 10.4. The van der Waals surface area contributed by atoms with Gasteiger partial charge in [0.15, 0.2) is 11.5 Å². The molecule has 0 unspecified atom stereocenters. The SMILES string of the molecule is N.N[C@@H](Cc1ccc(O)c(O)c1)C(=O)O. The van der Waals surface area contributed by atoms with E-state index in [0.29, 0.717) is 5.56 Å². The van der Waals surface area contributed by atoms with Crippen LogP contribution >= 0.6 is 0 Å². The molecular weight excluding hydrogens is 200 g/mol. The maximum absolute atomic E-state index is 10.4. The second-order valence-corrected chi connectivity index (χ2v) is 2.97. The molecule has 0 radical (unpaired) electrons. The van der Waals surface area contributed by atoms with Crippen LogP contribution in [0.15, 0.2) is 18.2 Å². The number of aromatic hydroxyl groups is 2. The number of phenols is 2. The number of carbonyl (C=O) groups is 1. The highest BCUT2D eigenvalue weighted by Gasteiger charge is 2.12. The Morgan fingerprint density at radius 2 is 1.93 bits per heavy atom. The molecule has 84 valence electrons. The third kappa shape index (κ3) is 3.45. The van der Waals surface area contributed by atoms with Crippen molar-refractivity contribution < 1.29 is 20.1 Å². The van der Waals surface area contributed by atoms with E-state index in [1.54, 1.807) is 0 Å². The van der Waals surface area contributed by atoms with Crippen molar-refractivity contribution in [3.63, 3.8) is 0 Å². The van der Waals surface area contributed by atoms with E-state index in [4.69, 9.17) is 21.1 Å². The lowest BCUT2D eigenvalue weighted by Crippen LogP contribution is -2.32. The monoisotopic (exact) mass is 214 g/mol. The molecule has 0 spiro atoms. The van der Waals surface area contributed by atoms with Gasteiger partial charge in [0.2, 0.25) is 0 Å². The van der Waals surface area contributed by atoms with Gasteiger partial charge in [-0.15, -0.1) is 0 Å². The number of nitrogens with two attached hydrogens (primary N) is 1. The first-order valence-electron chi connectivity index (χ1n) is 4.00. The zero-order valence-corrected chi connectivity index (χ0v) is 8.05. The molecule has 0 heterocycles. The Morgan fingerprint density at radius 3 is 2.40 bits per heavy atom. The number of hydrogen-bond donors (Lipinski definition) is 5. The van der Waals surface area contributed by atoms with E-state index >= 15 is 0 Å². The fraction of sp³-hybridized carbons (Fsp3) is 0.222. The van der Waals surface area contributed by atoms with Crippen LogP contribution in [0.1, 0.15) is 5.56 Å². The van der Waals surface area contributed by atoms with Gasteiger partial charge in [0, 0.05) is 0 Å². The Kier molecular flexibility index (Phi) is 4.56. The van der Waals surface area contributed by atoms with Crippen LogP contribution in [-0.2, 0) is 11.2 Å². The summed E-state index contributed by atoms with van der Waals surface area (Å²) in [6.07, 6.45) is 0.114. The van der Waals surface area contributed by atoms with Crippen LogP contribution in [0.25, 0.3) is 0 Å². The van der Waals surface area contributed by atoms with E-state index in [2.05, 4.69) is 0 Å². The smallest absolute Gasteiger partial charge is 0.320 e. The van der Waals surface area contributed by atoms with Gasteiger partial charge in [-0.3, -0.25) is 4.79 Å². The molecule has 6 nitrogen and oxygen atoms in total. The normalized spacial score (nSPS) is 11.5. The average Bonchev–Trinajstić information content (AvgIpc) is 2.11. The number of rotatable bonds is 3. The van der Waals surface area contributed by atoms with Gasteiger partial charge in [0.05, 0.1) is 0 Å². The van der Waals surface area contributed by atoms with Gasteiger partial charge in [-0.1, -0.05) is 6.07 Å². The van der Waals surface area contributed by atoms with E-state index < -0.39 is 12.0 Å². The summed E-state index contributed by atoms with van der Waals surface area (Å²) < 4.78 is 0. The first-order valence-corrected chi connectivity index (χ1v) is 4.00. The second-order valence-electron chi connectivity index (χ2n) is 2.97. The zero-order valence-electron chi connectivity index (χ0n) is 8.05. The number of carboxylic acid groups (broad SMARTS) is 1. The van der Waals surface area contributed by atoms with Crippen molar-refractivity contribution in [2.45, 2.75) is 12.5 Å². The minimum atomic E-state index is -1.10. The van der Waals surface area contributed by atoms with Crippen LogP contribution in [-0.4, -0.2) is 27.3 Å². The Balaban J connectivity index is 0.00000196. The van der Waals surface area contributed by atoms with Crippen molar-refractivity contribution in [1.29, 1.82) is 0 Å². The van der Waals surface area contributed by atoms with Crippen LogP contribution in [0.3, 0.4) is 0 Å². The molecule has 6 heteroatoms. The lowest BCUT2D eigenvalue weighted by molar-refractivity contribution is -0.138. The van der Waals surface area contributed by atoms with E-state index in [1.807, 2.05) is 0 Å². The topological polar surface area (TPSA) is 139 Å². The molecule has 0 aliphatic heterocycles. The van der Waals surface area contributed by atoms with Gasteiger partial charge >= 0.3 is 5.97 Å². The fourth-order valence-corrected chi connectivity index (χ4v) is 1.04. The first kappa shape index (κ1) is 13.2. The van der Waals surface area contributed by atoms with Crippen molar-refractivity contribution in [3.8, 4) is 11.5 Å². The number of carboxylic acids is 1. The number of phenolic OH excluding ortho intramolecular Hbond substituents is 2. The molecule has 0 aliphatic rings. The molecule has 1 rings (SSSR count). The Labute approximate surface area is 86.5 Å². The molecule has 0 bridgehead atoms. The predicted molar refractivity (Wildman–Crippen MR) is 54.1 cm³/mol. The molecule has 0 saturated carbocycles. The molecule has 1 atom stereocenters. The summed E-state index contributed by atoms with van der Waals surface area (Å²) >= 11 is 0. The summed E-state index contributed by atoms with van der Waals surface area (Å²) in [7, 11) is 0. The third-order valence-corrected chi connectivity index (χ3v) is 1.81. The molecule has 0 fully saturated rings. The summed E-state index contributed by atoms with van der Waals surface area (Å²) in [6.45, 7) is 0. The Morgan fingerprint density at radius 1 is 1.33 bits per heavy atom. The van der Waals surface area contributed by atoms with Crippen LogP contribution in [0.2, 0.25) is 0 Å². The molecule has 15 heavy (non-hydrogen) atoms. The summed E-state index contributed by atoms with van der Waals surface area (Å²) in [6, 6.07) is 3.09. The average molecular weight is 214 g/mol. The summed E-state index contributed by atoms with van der Waals surface area (Å²) in [5.74, 6) is -1.62. The van der Waals surface area contributed by atoms with Gasteiger partial charge in [0.25, 0.3) is 0 Å². The summed E-state index contributed by atoms with van der Waals surface area (Å²) in [4.78, 5) is 10.4. The number of hydrogen-bond acceptors (Lipinski definition) is 5. The van der Waals surface area contributed by atoms with Crippen molar-refractivity contribution in [1.82, 2.24) is 6.15 Å². The molecule has 0 aromatic heterocycles. The van der Waals surface area contributed by atoms with Gasteiger partial charge in [-0.05, 0) is 24.1 Å². The van der Waals surface area contributed by atoms with Crippen molar-refractivity contribution >= 4 is 5.97 Å². The highest BCUT2D eigenvalue weighted by atomic mass is 16.4. The number of benzene rings is 1. The van der Waals surface area contributed by atoms with Crippen molar-refractivity contribution in [2.24, 2.45) is 5.73 Å². The molecule has 1 aromatic rings. The minimum absolute atomic E-state index is 0. The lowest BCUT2D eigenvalue weighted by atomic mass is 10.1. The number of aliphatic carboxylic acids is 1. The standard InChI is InChI=1S/C9H11NO4.H3N/c10-6(9(13)14)3-5-1-2-7(11)8(12)4-5;/h1-2,4,6,11-12H,3,10H2,(H,13,14);1H3/t6-;/m0./s1. The molecule has 0 saturated heterocycles. The third-order valence-electron chi connectivity index (χ3n) is 1.81. The highest BCUT2D eigenvalue weighted by Crippen LogP contribution is 2.25. The highest BCUT2D eigenvalue weighted by molar-refractivity contribution is 5.73. The molecule has 0 amide bonds. The first-order chi connectivity index (χ1) is 6.50. The van der Waals surface area contributed by atoms with Crippen molar-refractivity contribution in [2.75, 3.05) is 0 Å². The summed E-state index contributed by atoms with van der Waals surface area (Å²) in [5, 5.41) is 26.6. The van der Waals surface area contributed by atoms with E-state index in [-0.39, 0.29) is 24.1 Å². The van der Waals surface area contributed by atoms with Gasteiger partial charge in [-0.25, -0.2) is 0 Å². The largest absolute Gasteiger partial charge is 0.504 e. The maximum Gasteiger partial charge on any atom is 0.320 e. The van der Waals surface area contributed by atoms with Crippen molar-refractivity contribution in [3.05, 3.63) is 23.8 Å². The van der Waals surface area contributed by atoms with E-state index in [9.17, 15) is 4.79 Å². The molecular formula is C9H14N2O4. The van der Waals surface area contributed by atoms with Gasteiger partial charge in [-0.2, -0.15) is 0 Å². The van der Waals surface area contributed by atoms with Crippen LogP contribution in [0.4, 0.5) is 0 Å². The van der Waals surface area contributed by atoms with Crippen LogP contribution in [0.5, 0.6) is 11.5 Å². The Hall–Kier alpha value is -1.79. The molecule has 1 aromatic carbocycles. The minimum Gasteiger partial charge on any atom is -0.504 e. The molecule has 0 aliphatic carbocycles. The Bertz CT molecular complexity index is 354. The van der Waals surface area contributed by atoms with Gasteiger partial charge < -0.3 is 27.2 Å². The molecule has 8 N–H and O–H groups in total. The fourth-order valence-electron chi connectivity index (χ4n) is 1.04. The van der Waals surface area contributed by atoms with E-state index in [0.717, 1.165) is 0 Å². The zero-order chi connectivity index (χ0) is 10.7.